The van der Waals surface area contributed by atoms with Gasteiger partial charge in [-0.2, -0.15) is 11.8 Å². The first-order chi connectivity index (χ1) is 7.16. The van der Waals surface area contributed by atoms with E-state index in [9.17, 15) is 4.79 Å². The third kappa shape index (κ3) is 3.27. The first-order valence-electron chi connectivity index (χ1n) is 5.03. The second-order valence-corrected chi connectivity index (χ2v) is 4.49. The maximum absolute atomic E-state index is 11.9. The molecule has 0 heterocycles. The predicted molar refractivity (Wildman–Crippen MR) is 67.4 cm³/mol. The van der Waals surface area contributed by atoms with Gasteiger partial charge in [0.15, 0.2) is 0 Å². The van der Waals surface area contributed by atoms with Crippen LogP contribution in [0, 0.1) is 0 Å². The number of carbonyl (C=O) groups excluding carboxylic acids is 1. The summed E-state index contributed by atoms with van der Waals surface area (Å²) in [6, 6.07) is 10.0. The molecule has 15 heavy (non-hydrogen) atoms. The van der Waals surface area contributed by atoms with E-state index < -0.39 is 0 Å². The lowest BCUT2D eigenvalue weighted by atomic mass is 10.2. The molecule has 1 aromatic rings. The number of para-hydroxylation sites is 1. The van der Waals surface area contributed by atoms with Crippen LogP contribution in [0.4, 0.5) is 5.69 Å². The standard InChI is InChI=1S/C12H17NOS/c1-10(2)13(12(14)9-15-3)11-7-5-4-6-8-11/h4-8,10H,9H2,1-3H3. The number of benzene rings is 1. The van der Waals surface area contributed by atoms with Crippen molar-refractivity contribution < 1.29 is 4.79 Å². The second-order valence-electron chi connectivity index (χ2n) is 3.63. The average Bonchev–Trinajstić information content (AvgIpc) is 2.19. The van der Waals surface area contributed by atoms with Gasteiger partial charge in [-0.1, -0.05) is 18.2 Å². The van der Waals surface area contributed by atoms with E-state index in [2.05, 4.69) is 0 Å². The number of anilines is 1. The van der Waals surface area contributed by atoms with Crippen molar-refractivity contribution in [3.63, 3.8) is 0 Å². The number of amides is 1. The quantitative estimate of drug-likeness (QED) is 0.782. The van der Waals surface area contributed by atoms with Crippen molar-refractivity contribution in [3.05, 3.63) is 30.3 Å². The highest BCUT2D eigenvalue weighted by Gasteiger charge is 2.17. The minimum absolute atomic E-state index is 0.170. The highest BCUT2D eigenvalue weighted by Crippen LogP contribution is 2.17. The van der Waals surface area contributed by atoms with Crippen LogP contribution in [0.15, 0.2) is 30.3 Å². The Morgan fingerprint density at radius 1 is 1.33 bits per heavy atom. The van der Waals surface area contributed by atoms with Crippen molar-refractivity contribution in [3.8, 4) is 0 Å². The number of hydrogen-bond donors (Lipinski definition) is 0. The second kappa shape index (κ2) is 5.81. The van der Waals surface area contributed by atoms with Crippen LogP contribution in [0.1, 0.15) is 13.8 Å². The molecule has 0 aliphatic heterocycles. The summed E-state index contributed by atoms with van der Waals surface area (Å²) in [6.07, 6.45) is 1.95. The molecule has 0 fully saturated rings. The van der Waals surface area contributed by atoms with Gasteiger partial charge < -0.3 is 4.90 Å². The number of thioether (sulfide) groups is 1. The summed E-state index contributed by atoms with van der Waals surface area (Å²) in [6.45, 7) is 4.07. The van der Waals surface area contributed by atoms with Gasteiger partial charge >= 0.3 is 0 Å². The maximum atomic E-state index is 11.9. The van der Waals surface area contributed by atoms with Crippen LogP contribution in [-0.2, 0) is 4.79 Å². The van der Waals surface area contributed by atoms with Gasteiger partial charge in [-0.25, -0.2) is 0 Å². The summed E-state index contributed by atoms with van der Waals surface area (Å²) >= 11 is 1.56. The number of hydrogen-bond acceptors (Lipinski definition) is 2. The normalized spacial score (nSPS) is 10.4. The van der Waals surface area contributed by atoms with E-state index in [-0.39, 0.29) is 11.9 Å². The summed E-state index contributed by atoms with van der Waals surface area (Å²) in [5.74, 6) is 0.705. The average molecular weight is 223 g/mol. The van der Waals surface area contributed by atoms with Crippen LogP contribution in [0.2, 0.25) is 0 Å². The van der Waals surface area contributed by atoms with E-state index >= 15 is 0 Å². The van der Waals surface area contributed by atoms with Gasteiger partial charge in [0.05, 0.1) is 5.75 Å². The Hall–Kier alpha value is -0.960. The zero-order chi connectivity index (χ0) is 11.3. The zero-order valence-corrected chi connectivity index (χ0v) is 10.3. The minimum Gasteiger partial charge on any atom is -0.309 e. The Morgan fingerprint density at radius 3 is 2.40 bits per heavy atom. The molecule has 82 valence electrons. The van der Waals surface area contributed by atoms with E-state index in [0.29, 0.717) is 5.75 Å². The van der Waals surface area contributed by atoms with Crippen molar-refractivity contribution in [1.29, 1.82) is 0 Å². The first-order valence-corrected chi connectivity index (χ1v) is 6.42. The van der Waals surface area contributed by atoms with Crippen LogP contribution >= 0.6 is 11.8 Å². The van der Waals surface area contributed by atoms with Gasteiger partial charge in [-0.3, -0.25) is 4.79 Å². The molecule has 0 radical (unpaired) electrons. The number of carbonyl (C=O) groups is 1. The molecule has 0 saturated heterocycles. The molecule has 0 bridgehead atoms. The molecular formula is C12H17NOS. The van der Waals surface area contributed by atoms with Crippen LogP contribution < -0.4 is 4.90 Å². The van der Waals surface area contributed by atoms with Gasteiger partial charge in [-0.05, 0) is 32.2 Å². The Kier molecular flexibility index (Phi) is 4.69. The fourth-order valence-corrected chi connectivity index (χ4v) is 1.90. The molecule has 0 aromatic heterocycles. The lowest BCUT2D eigenvalue weighted by Crippen LogP contribution is -2.38. The highest BCUT2D eigenvalue weighted by molar-refractivity contribution is 7.99. The zero-order valence-electron chi connectivity index (χ0n) is 9.43. The van der Waals surface area contributed by atoms with E-state index in [1.807, 2.05) is 55.3 Å². The number of rotatable bonds is 4. The van der Waals surface area contributed by atoms with Crippen molar-refractivity contribution >= 4 is 23.4 Å². The first kappa shape index (κ1) is 12.1. The summed E-state index contributed by atoms with van der Waals surface area (Å²) in [5.41, 5.74) is 0.978. The summed E-state index contributed by atoms with van der Waals surface area (Å²) in [4.78, 5) is 13.7. The van der Waals surface area contributed by atoms with Crippen LogP contribution in [-0.4, -0.2) is 24.0 Å². The fourth-order valence-electron chi connectivity index (χ4n) is 1.51. The predicted octanol–water partition coefficient (Wildman–Crippen LogP) is 2.79. The SMILES string of the molecule is CSCC(=O)N(c1ccccc1)C(C)C. The van der Waals surface area contributed by atoms with Gasteiger partial charge in [0.2, 0.25) is 5.91 Å². The molecule has 0 N–H and O–H groups in total. The van der Waals surface area contributed by atoms with E-state index in [0.717, 1.165) is 5.69 Å². The summed E-state index contributed by atoms with van der Waals surface area (Å²) < 4.78 is 0. The Balaban J connectivity index is 2.88. The lowest BCUT2D eigenvalue weighted by molar-refractivity contribution is -0.116. The molecular weight excluding hydrogens is 206 g/mol. The molecule has 0 spiro atoms. The maximum Gasteiger partial charge on any atom is 0.237 e. The van der Waals surface area contributed by atoms with E-state index in [1.54, 1.807) is 11.8 Å². The van der Waals surface area contributed by atoms with Gasteiger partial charge in [0.1, 0.15) is 0 Å². The topological polar surface area (TPSA) is 20.3 Å². The molecule has 0 atom stereocenters. The summed E-state index contributed by atoms with van der Waals surface area (Å²) in [7, 11) is 0. The van der Waals surface area contributed by atoms with Gasteiger partial charge in [0.25, 0.3) is 0 Å². The van der Waals surface area contributed by atoms with E-state index in [1.165, 1.54) is 0 Å². The third-order valence-electron chi connectivity index (χ3n) is 2.09. The Labute approximate surface area is 95.7 Å². The van der Waals surface area contributed by atoms with Crippen LogP contribution in [0.5, 0.6) is 0 Å². The molecule has 0 saturated carbocycles. The summed E-state index contributed by atoms with van der Waals surface area (Å²) in [5, 5.41) is 0. The monoisotopic (exact) mass is 223 g/mol. The Morgan fingerprint density at radius 2 is 1.93 bits per heavy atom. The highest BCUT2D eigenvalue weighted by atomic mass is 32.2. The van der Waals surface area contributed by atoms with Gasteiger partial charge in [0, 0.05) is 11.7 Å². The molecule has 1 rings (SSSR count). The minimum atomic E-state index is 0.170. The largest absolute Gasteiger partial charge is 0.309 e. The smallest absolute Gasteiger partial charge is 0.237 e. The molecule has 0 aliphatic carbocycles. The van der Waals surface area contributed by atoms with Crippen LogP contribution in [0.3, 0.4) is 0 Å². The van der Waals surface area contributed by atoms with Crippen molar-refractivity contribution in [2.24, 2.45) is 0 Å². The molecule has 2 nitrogen and oxygen atoms in total. The van der Waals surface area contributed by atoms with E-state index in [4.69, 9.17) is 0 Å². The van der Waals surface area contributed by atoms with Crippen molar-refractivity contribution in [1.82, 2.24) is 0 Å². The van der Waals surface area contributed by atoms with Crippen molar-refractivity contribution in [2.45, 2.75) is 19.9 Å². The van der Waals surface area contributed by atoms with Crippen LogP contribution in [0.25, 0.3) is 0 Å². The number of nitrogens with zero attached hydrogens (tertiary/aromatic N) is 1. The molecule has 3 heteroatoms. The third-order valence-corrected chi connectivity index (χ3v) is 2.62. The molecule has 1 aromatic carbocycles. The molecule has 1 amide bonds. The van der Waals surface area contributed by atoms with Crippen molar-refractivity contribution in [2.75, 3.05) is 16.9 Å². The molecule has 0 aliphatic rings. The molecule has 0 unspecified atom stereocenters. The van der Waals surface area contributed by atoms with Gasteiger partial charge in [-0.15, -0.1) is 0 Å². The Bertz CT molecular complexity index is 311. The lowest BCUT2D eigenvalue weighted by Gasteiger charge is -2.26. The fraction of sp³-hybridized carbons (Fsp3) is 0.417.